The van der Waals surface area contributed by atoms with Gasteiger partial charge >= 0.3 is 0 Å². The van der Waals surface area contributed by atoms with Crippen LogP contribution in [0.25, 0.3) is 0 Å². The highest BCUT2D eigenvalue weighted by Gasteiger charge is 2.32. The number of nitrogens with zero attached hydrogens (tertiary/aromatic N) is 2. The summed E-state index contributed by atoms with van der Waals surface area (Å²) in [5, 5.41) is 3.08. The van der Waals surface area contributed by atoms with E-state index in [1.54, 1.807) is 19.1 Å². The number of anilines is 1. The van der Waals surface area contributed by atoms with Gasteiger partial charge in [-0.2, -0.15) is 0 Å². The van der Waals surface area contributed by atoms with Crippen molar-refractivity contribution in [2.24, 2.45) is 0 Å². The van der Waals surface area contributed by atoms with Crippen molar-refractivity contribution in [3.63, 3.8) is 0 Å². The van der Waals surface area contributed by atoms with E-state index in [9.17, 15) is 18.0 Å². The van der Waals surface area contributed by atoms with Crippen molar-refractivity contribution < 1.29 is 18.0 Å². The lowest BCUT2D eigenvalue weighted by Gasteiger charge is -2.32. The SMILES string of the molecule is CCc1ccccc1N(CC(=O)N(Cc1ccccc1C)[C@H](C)C(=O)NC1CCCC1)S(C)(=O)=O. The summed E-state index contributed by atoms with van der Waals surface area (Å²) in [6.07, 6.45) is 5.80. The summed E-state index contributed by atoms with van der Waals surface area (Å²) in [5.74, 6) is -0.627. The van der Waals surface area contributed by atoms with Crippen molar-refractivity contribution in [2.45, 2.75) is 71.5 Å². The Morgan fingerprint density at radius 2 is 1.63 bits per heavy atom. The summed E-state index contributed by atoms with van der Waals surface area (Å²) >= 11 is 0. The van der Waals surface area contributed by atoms with Gasteiger partial charge in [0.2, 0.25) is 21.8 Å². The Morgan fingerprint density at radius 1 is 1.03 bits per heavy atom. The van der Waals surface area contributed by atoms with Crippen LogP contribution in [0.15, 0.2) is 48.5 Å². The van der Waals surface area contributed by atoms with Crippen LogP contribution in [0.2, 0.25) is 0 Å². The summed E-state index contributed by atoms with van der Waals surface area (Å²) in [4.78, 5) is 28.3. The van der Waals surface area contributed by atoms with Gasteiger partial charge in [0.1, 0.15) is 12.6 Å². The fraction of sp³-hybridized carbons (Fsp3) is 0.481. The molecule has 0 unspecified atom stereocenters. The largest absolute Gasteiger partial charge is 0.352 e. The van der Waals surface area contributed by atoms with Gasteiger partial charge < -0.3 is 10.2 Å². The Hall–Kier alpha value is -2.87. The van der Waals surface area contributed by atoms with Crippen LogP contribution in [0, 0.1) is 6.92 Å². The highest BCUT2D eigenvalue weighted by molar-refractivity contribution is 7.92. The molecular formula is C27H37N3O4S. The zero-order chi connectivity index (χ0) is 25.6. The Labute approximate surface area is 209 Å². The number of nitrogens with one attached hydrogen (secondary N) is 1. The van der Waals surface area contributed by atoms with Crippen molar-refractivity contribution in [3.8, 4) is 0 Å². The van der Waals surface area contributed by atoms with E-state index >= 15 is 0 Å². The third-order valence-electron chi connectivity index (χ3n) is 6.79. The monoisotopic (exact) mass is 499 g/mol. The van der Waals surface area contributed by atoms with E-state index in [1.807, 2.05) is 50.2 Å². The second-order valence-corrected chi connectivity index (χ2v) is 11.3. The summed E-state index contributed by atoms with van der Waals surface area (Å²) in [5.41, 5.74) is 3.25. The van der Waals surface area contributed by atoms with E-state index < -0.39 is 22.0 Å². The minimum absolute atomic E-state index is 0.129. The molecule has 1 N–H and O–H groups in total. The van der Waals surface area contributed by atoms with E-state index in [0.29, 0.717) is 12.1 Å². The second kappa shape index (κ2) is 11.7. The third-order valence-corrected chi connectivity index (χ3v) is 7.92. The summed E-state index contributed by atoms with van der Waals surface area (Å²) in [6, 6.07) is 14.3. The molecule has 0 aliphatic heterocycles. The average molecular weight is 500 g/mol. The quantitative estimate of drug-likeness (QED) is 0.539. The highest BCUT2D eigenvalue weighted by Crippen LogP contribution is 2.24. The lowest BCUT2D eigenvalue weighted by atomic mass is 10.1. The number of carbonyl (C=O) groups is 2. The smallest absolute Gasteiger partial charge is 0.244 e. The van der Waals surface area contributed by atoms with Crippen LogP contribution in [0.4, 0.5) is 5.69 Å². The molecule has 0 spiro atoms. The van der Waals surface area contributed by atoms with Crippen LogP contribution in [0.5, 0.6) is 0 Å². The van der Waals surface area contributed by atoms with Gasteiger partial charge in [-0.3, -0.25) is 13.9 Å². The number of aryl methyl sites for hydroxylation is 2. The van der Waals surface area contributed by atoms with Gasteiger partial charge in [0.05, 0.1) is 11.9 Å². The maximum Gasteiger partial charge on any atom is 0.244 e. The fourth-order valence-electron chi connectivity index (χ4n) is 4.59. The van der Waals surface area contributed by atoms with Gasteiger partial charge in [0.15, 0.2) is 0 Å². The molecule has 0 aromatic heterocycles. The number of hydrogen-bond donors (Lipinski definition) is 1. The fourth-order valence-corrected chi connectivity index (χ4v) is 5.47. The number of amides is 2. The maximum absolute atomic E-state index is 13.7. The Kier molecular flexibility index (Phi) is 8.94. The second-order valence-electron chi connectivity index (χ2n) is 9.37. The normalized spacial score (nSPS) is 15.0. The first-order valence-electron chi connectivity index (χ1n) is 12.3. The zero-order valence-corrected chi connectivity index (χ0v) is 22.0. The van der Waals surface area contributed by atoms with Crippen molar-refractivity contribution in [3.05, 3.63) is 65.2 Å². The molecule has 0 heterocycles. The molecule has 7 nitrogen and oxygen atoms in total. The molecule has 35 heavy (non-hydrogen) atoms. The van der Waals surface area contributed by atoms with E-state index in [2.05, 4.69) is 5.32 Å². The minimum Gasteiger partial charge on any atom is -0.352 e. The standard InChI is InChI=1S/C27H37N3O4S/c1-5-22-13-8-11-17-25(22)30(35(4,33)34)19-26(31)29(18-23-14-7-6-12-20(23)2)21(3)27(32)28-24-15-9-10-16-24/h6-8,11-14,17,21,24H,5,9-10,15-16,18-19H2,1-4H3,(H,28,32)/t21-/m1/s1. The molecule has 190 valence electrons. The van der Waals surface area contributed by atoms with Crippen LogP contribution in [0.3, 0.4) is 0 Å². The molecule has 1 atom stereocenters. The molecule has 2 amide bonds. The van der Waals surface area contributed by atoms with Crippen molar-refractivity contribution >= 4 is 27.5 Å². The van der Waals surface area contributed by atoms with Gasteiger partial charge in [0.25, 0.3) is 0 Å². The lowest BCUT2D eigenvalue weighted by Crippen LogP contribution is -2.52. The lowest BCUT2D eigenvalue weighted by molar-refractivity contribution is -0.139. The molecule has 2 aromatic carbocycles. The molecule has 0 bridgehead atoms. The predicted molar refractivity (Wildman–Crippen MR) is 140 cm³/mol. The number of para-hydroxylation sites is 1. The van der Waals surface area contributed by atoms with Gasteiger partial charge in [-0.05, 0) is 55.9 Å². The Balaban J connectivity index is 1.91. The van der Waals surface area contributed by atoms with Gasteiger partial charge in [-0.1, -0.05) is 62.2 Å². The first kappa shape index (κ1) is 26.7. The average Bonchev–Trinajstić information content (AvgIpc) is 3.33. The number of hydrogen-bond acceptors (Lipinski definition) is 4. The number of benzene rings is 2. The summed E-state index contributed by atoms with van der Waals surface area (Å²) in [6.45, 7) is 5.47. The number of carbonyl (C=O) groups excluding carboxylic acids is 2. The molecule has 0 saturated heterocycles. The maximum atomic E-state index is 13.7. The molecule has 8 heteroatoms. The molecule has 1 fully saturated rings. The first-order valence-corrected chi connectivity index (χ1v) is 14.2. The van der Waals surface area contributed by atoms with Crippen molar-refractivity contribution in [2.75, 3.05) is 17.1 Å². The molecule has 1 aliphatic rings. The van der Waals surface area contributed by atoms with E-state index in [4.69, 9.17) is 0 Å². The van der Waals surface area contributed by atoms with E-state index in [-0.39, 0.29) is 25.0 Å². The van der Waals surface area contributed by atoms with Crippen LogP contribution < -0.4 is 9.62 Å². The van der Waals surface area contributed by atoms with Crippen molar-refractivity contribution in [1.29, 1.82) is 0 Å². The molecular weight excluding hydrogens is 462 g/mol. The minimum atomic E-state index is -3.74. The van der Waals surface area contributed by atoms with Crippen LogP contribution in [-0.4, -0.2) is 50.0 Å². The Bertz CT molecular complexity index is 1140. The number of rotatable bonds is 10. The zero-order valence-electron chi connectivity index (χ0n) is 21.2. The van der Waals surface area contributed by atoms with Gasteiger partial charge in [-0.25, -0.2) is 8.42 Å². The van der Waals surface area contributed by atoms with Crippen molar-refractivity contribution in [1.82, 2.24) is 10.2 Å². The molecule has 1 aliphatic carbocycles. The van der Waals surface area contributed by atoms with E-state index in [0.717, 1.165) is 52.9 Å². The molecule has 0 radical (unpaired) electrons. The third kappa shape index (κ3) is 6.84. The first-order chi connectivity index (χ1) is 16.6. The van der Waals surface area contributed by atoms with E-state index in [1.165, 1.54) is 4.90 Å². The van der Waals surface area contributed by atoms with Gasteiger partial charge in [-0.15, -0.1) is 0 Å². The van der Waals surface area contributed by atoms with Crippen LogP contribution in [0.1, 0.15) is 56.2 Å². The molecule has 1 saturated carbocycles. The summed E-state index contributed by atoms with van der Waals surface area (Å²) in [7, 11) is -3.74. The topological polar surface area (TPSA) is 86.8 Å². The number of sulfonamides is 1. The van der Waals surface area contributed by atoms with Crippen LogP contribution >= 0.6 is 0 Å². The van der Waals surface area contributed by atoms with Gasteiger partial charge in [0, 0.05) is 12.6 Å². The molecule has 3 rings (SSSR count). The molecule has 2 aromatic rings. The summed E-state index contributed by atoms with van der Waals surface area (Å²) < 4.78 is 26.7. The van der Waals surface area contributed by atoms with Crippen LogP contribution in [-0.2, 0) is 32.6 Å². The highest BCUT2D eigenvalue weighted by atomic mass is 32.2. The Morgan fingerprint density at radius 3 is 2.23 bits per heavy atom. The predicted octanol–water partition coefficient (Wildman–Crippen LogP) is 3.80.